The smallest absolute Gasteiger partial charge is 0.223 e. The molecule has 0 radical (unpaired) electrons. The van der Waals surface area contributed by atoms with E-state index >= 15 is 0 Å². The van der Waals surface area contributed by atoms with Crippen LogP contribution in [0.5, 0.6) is 0 Å². The third kappa shape index (κ3) is 4.86. The second-order valence-corrected chi connectivity index (χ2v) is 9.47. The van der Waals surface area contributed by atoms with Crippen LogP contribution in [0.3, 0.4) is 0 Å². The molecule has 2 N–H and O–H groups in total. The first kappa shape index (κ1) is 23.3. The molecule has 35 heavy (non-hydrogen) atoms. The molecule has 0 spiro atoms. The van der Waals surface area contributed by atoms with Gasteiger partial charge in [-0.25, -0.2) is 15.0 Å². The van der Waals surface area contributed by atoms with E-state index in [9.17, 15) is 4.79 Å². The Morgan fingerprint density at radius 1 is 1.11 bits per heavy atom. The molecule has 1 atom stereocenters. The average Bonchev–Trinajstić information content (AvgIpc) is 3.19. The molecule has 2 aromatic heterocycles. The lowest BCUT2D eigenvalue weighted by Crippen LogP contribution is -2.39. The molecule has 2 aromatic carbocycles. The normalized spacial score (nSPS) is 16.1. The van der Waals surface area contributed by atoms with Crippen molar-refractivity contribution in [2.24, 2.45) is 0 Å². The summed E-state index contributed by atoms with van der Waals surface area (Å²) in [4.78, 5) is 28.9. The first-order valence-electron chi connectivity index (χ1n) is 12.1. The number of hydrogen-bond donors (Lipinski definition) is 1. The van der Waals surface area contributed by atoms with Crippen LogP contribution in [0, 0.1) is 6.92 Å². The molecule has 1 fully saturated rings. The number of anilines is 1. The van der Waals surface area contributed by atoms with Gasteiger partial charge in [0.15, 0.2) is 0 Å². The maximum absolute atomic E-state index is 13.4. The summed E-state index contributed by atoms with van der Waals surface area (Å²) in [5, 5.41) is 0.669. The van der Waals surface area contributed by atoms with E-state index in [-0.39, 0.29) is 17.9 Å². The summed E-state index contributed by atoms with van der Waals surface area (Å²) in [5.41, 5.74) is 10.8. The molecule has 1 aliphatic heterocycles. The summed E-state index contributed by atoms with van der Waals surface area (Å²) in [7, 11) is 0. The lowest BCUT2D eigenvalue weighted by atomic mass is 9.93. The minimum atomic E-state index is -0.122. The lowest BCUT2D eigenvalue weighted by molar-refractivity contribution is -0.135. The first-order valence-corrected chi connectivity index (χ1v) is 12.5. The Bertz CT molecular complexity index is 1350. The van der Waals surface area contributed by atoms with Gasteiger partial charge in [0.25, 0.3) is 0 Å². The quantitative estimate of drug-likeness (QED) is 0.383. The molecule has 7 nitrogen and oxygen atoms in total. The Morgan fingerprint density at radius 2 is 1.91 bits per heavy atom. The van der Waals surface area contributed by atoms with Gasteiger partial charge in [-0.05, 0) is 62.4 Å². The Kier molecular flexibility index (Phi) is 6.68. The van der Waals surface area contributed by atoms with Crippen molar-refractivity contribution in [2.75, 3.05) is 12.3 Å². The highest BCUT2D eigenvalue weighted by atomic mass is 35.5. The van der Waals surface area contributed by atoms with Crippen LogP contribution in [0.25, 0.3) is 22.2 Å². The van der Waals surface area contributed by atoms with E-state index in [0.717, 1.165) is 72.5 Å². The molecule has 1 saturated heterocycles. The number of benzene rings is 2. The van der Waals surface area contributed by atoms with Crippen LogP contribution >= 0.6 is 11.6 Å². The monoisotopic (exact) mass is 488 g/mol. The molecule has 3 heterocycles. The summed E-state index contributed by atoms with van der Waals surface area (Å²) < 4.78 is 2.19. The van der Waals surface area contributed by atoms with E-state index in [0.29, 0.717) is 11.4 Å². The number of aromatic nitrogens is 4. The van der Waals surface area contributed by atoms with E-state index in [1.165, 1.54) is 0 Å². The molecule has 1 aliphatic rings. The van der Waals surface area contributed by atoms with Gasteiger partial charge in [0.05, 0.1) is 22.8 Å². The molecule has 4 aromatic rings. The fourth-order valence-corrected chi connectivity index (χ4v) is 5.17. The van der Waals surface area contributed by atoms with Gasteiger partial charge in [-0.3, -0.25) is 4.79 Å². The van der Waals surface area contributed by atoms with Crippen molar-refractivity contribution >= 4 is 34.5 Å². The van der Waals surface area contributed by atoms with Gasteiger partial charge in [0.2, 0.25) is 11.9 Å². The van der Waals surface area contributed by atoms with Crippen molar-refractivity contribution in [1.82, 2.24) is 24.4 Å². The second kappa shape index (κ2) is 10.0. The van der Waals surface area contributed by atoms with Crippen LogP contribution in [0.2, 0.25) is 5.02 Å². The molecular weight excluding hydrogens is 460 g/mol. The van der Waals surface area contributed by atoms with Crippen LogP contribution in [0.15, 0.2) is 54.7 Å². The maximum atomic E-state index is 13.4. The number of nitrogens with two attached hydrogens (primary N) is 1. The summed E-state index contributed by atoms with van der Waals surface area (Å²) in [6.45, 7) is 3.49. The second-order valence-electron chi connectivity index (χ2n) is 9.04. The number of para-hydroxylation sites is 2. The number of carbonyl (C=O) groups excluding carboxylic acids is 1. The minimum absolute atomic E-state index is 0.122. The maximum Gasteiger partial charge on any atom is 0.223 e. The highest BCUT2D eigenvalue weighted by Crippen LogP contribution is 2.36. The number of nitrogens with zero attached hydrogens (tertiary/aromatic N) is 5. The summed E-state index contributed by atoms with van der Waals surface area (Å²) in [5.74, 6) is 1.34. The number of aryl methyl sites for hydroxylation is 2. The van der Waals surface area contributed by atoms with Crippen molar-refractivity contribution in [3.63, 3.8) is 0 Å². The van der Waals surface area contributed by atoms with E-state index in [4.69, 9.17) is 17.3 Å². The largest absolute Gasteiger partial charge is 0.368 e. The van der Waals surface area contributed by atoms with Crippen LogP contribution in [-0.4, -0.2) is 36.9 Å². The molecule has 0 aliphatic carbocycles. The number of hydrogen-bond acceptors (Lipinski definition) is 5. The van der Waals surface area contributed by atoms with Crippen LogP contribution < -0.4 is 5.73 Å². The Balaban J connectivity index is 1.35. The molecular formula is C27H29ClN6O. The van der Waals surface area contributed by atoms with E-state index in [1.54, 1.807) is 6.20 Å². The van der Waals surface area contributed by atoms with Crippen molar-refractivity contribution in [2.45, 2.75) is 51.6 Å². The zero-order valence-corrected chi connectivity index (χ0v) is 20.6. The third-order valence-corrected chi connectivity index (χ3v) is 7.00. The van der Waals surface area contributed by atoms with Gasteiger partial charge in [-0.2, -0.15) is 0 Å². The zero-order chi connectivity index (χ0) is 24.4. The van der Waals surface area contributed by atoms with Crippen molar-refractivity contribution in [3.05, 3.63) is 71.3 Å². The van der Waals surface area contributed by atoms with Crippen LogP contribution in [0.1, 0.15) is 49.7 Å². The third-order valence-electron chi connectivity index (χ3n) is 6.75. The summed E-state index contributed by atoms with van der Waals surface area (Å²) in [6, 6.07) is 15.6. The number of amides is 1. The summed E-state index contributed by atoms with van der Waals surface area (Å²) >= 11 is 6.10. The number of nitrogen functional groups attached to an aromatic ring is 1. The lowest BCUT2D eigenvalue weighted by Gasteiger charge is -2.36. The Labute approximate surface area is 210 Å². The number of fused-ring (bicyclic) bond motifs is 1. The molecule has 0 unspecified atom stereocenters. The number of rotatable bonds is 6. The molecule has 1 amide bonds. The van der Waals surface area contributed by atoms with Crippen molar-refractivity contribution < 1.29 is 4.79 Å². The number of carbonyl (C=O) groups is 1. The molecule has 180 valence electrons. The number of halogens is 1. The average molecular weight is 489 g/mol. The topological polar surface area (TPSA) is 89.9 Å². The van der Waals surface area contributed by atoms with Gasteiger partial charge < -0.3 is 15.2 Å². The van der Waals surface area contributed by atoms with E-state index in [1.807, 2.05) is 54.3 Å². The van der Waals surface area contributed by atoms with Gasteiger partial charge in [-0.1, -0.05) is 35.9 Å². The molecule has 0 saturated carbocycles. The number of piperidine rings is 1. The van der Waals surface area contributed by atoms with Crippen LogP contribution in [-0.2, 0) is 11.3 Å². The Morgan fingerprint density at radius 3 is 2.74 bits per heavy atom. The SMILES string of the molecule is Cc1nc2ccccc2n1CCCC(=O)N1CCCC[C@@H]1c1nc(N)ncc1-c1ccc(Cl)cc1. The van der Waals surface area contributed by atoms with Crippen molar-refractivity contribution in [1.29, 1.82) is 0 Å². The van der Waals surface area contributed by atoms with Crippen molar-refractivity contribution in [3.8, 4) is 11.1 Å². The molecule has 5 rings (SSSR count). The number of likely N-dealkylation sites (tertiary alicyclic amines) is 1. The molecule has 8 heteroatoms. The van der Waals surface area contributed by atoms with E-state index in [2.05, 4.69) is 25.6 Å². The Hall–Kier alpha value is -3.45. The van der Waals surface area contributed by atoms with Gasteiger partial charge >= 0.3 is 0 Å². The van der Waals surface area contributed by atoms with Crippen LogP contribution in [0.4, 0.5) is 5.95 Å². The van der Waals surface area contributed by atoms with Gasteiger partial charge in [0, 0.05) is 36.3 Å². The number of imidazole rings is 1. The highest BCUT2D eigenvalue weighted by Gasteiger charge is 2.31. The predicted molar refractivity (Wildman–Crippen MR) is 139 cm³/mol. The first-order chi connectivity index (χ1) is 17.0. The van der Waals surface area contributed by atoms with E-state index < -0.39 is 0 Å². The predicted octanol–water partition coefficient (Wildman–Crippen LogP) is 5.57. The minimum Gasteiger partial charge on any atom is -0.368 e. The fourth-order valence-electron chi connectivity index (χ4n) is 5.04. The standard InChI is InChI=1S/C27H29ClN6O/c1-18-31-22-7-2-3-8-23(22)33(18)16-6-10-25(35)34-15-5-4-9-24(34)26-21(17-30-27(29)32-26)19-11-13-20(28)14-12-19/h2-3,7-8,11-14,17,24H,4-6,9-10,15-16H2,1H3,(H2,29,30,32)/t24-/m1/s1. The highest BCUT2D eigenvalue weighted by molar-refractivity contribution is 6.30. The summed E-state index contributed by atoms with van der Waals surface area (Å²) in [6.07, 6.45) is 5.86. The zero-order valence-electron chi connectivity index (χ0n) is 19.8. The fraction of sp³-hybridized carbons (Fsp3) is 0.333. The van der Waals surface area contributed by atoms with Gasteiger partial charge in [-0.15, -0.1) is 0 Å². The molecule has 0 bridgehead atoms. The van der Waals surface area contributed by atoms with Gasteiger partial charge in [0.1, 0.15) is 5.82 Å².